The number of aliphatic hydroxyl groups is 1. The van der Waals surface area contributed by atoms with Gasteiger partial charge in [0.25, 0.3) is 0 Å². The van der Waals surface area contributed by atoms with Crippen molar-refractivity contribution < 1.29 is 44.1 Å². The van der Waals surface area contributed by atoms with Crippen LogP contribution in [0.15, 0.2) is 0 Å². The van der Waals surface area contributed by atoms with E-state index in [9.17, 15) is 28.8 Å². The third-order valence-corrected chi connectivity index (χ3v) is 4.30. The molecule has 0 aliphatic carbocycles. The molecule has 0 saturated heterocycles. The number of carboxylic acid groups (broad SMARTS) is 2. The van der Waals surface area contributed by atoms with Crippen LogP contribution in [0, 0.1) is 0 Å². The largest absolute Gasteiger partial charge is 0.481 e. The van der Waals surface area contributed by atoms with Gasteiger partial charge in [0.15, 0.2) is 0 Å². The summed E-state index contributed by atoms with van der Waals surface area (Å²) in [6.07, 6.45) is -1.13. The zero-order valence-electron chi connectivity index (χ0n) is 16.4. The van der Waals surface area contributed by atoms with Crippen LogP contribution in [-0.4, -0.2) is 87.4 Å². The zero-order chi connectivity index (χ0) is 24.1. The summed E-state index contributed by atoms with van der Waals surface area (Å²) >= 11 is 3.91. The van der Waals surface area contributed by atoms with Crippen LogP contribution in [0.5, 0.6) is 0 Å². The van der Waals surface area contributed by atoms with E-state index in [1.54, 1.807) is 0 Å². The molecule has 31 heavy (non-hydrogen) atoms. The maximum atomic E-state index is 12.5. The molecule has 0 bridgehead atoms. The van der Waals surface area contributed by atoms with E-state index in [-0.39, 0.29) is 25.0 Å². The maximum absolute atomic E-state index is 12.5. The fraction of sp³-hybridized carbons (Fsp3) is 0.625. The van der Waals surface area contributed by atoms with Crippen LogP contribution >= 0.6 is 12.6 Å². The molecule has 15 heteroatoms. The average Bonchev–Trinajstić information content (AvgIpc) is 2.70. The lowest BCUT2D eigenvalue weighted by molar-refractivity contribution is -0.143. The number of aliphatic hydroxyl groups excluding tert-OH is 1. The summed E-state index contributed by atoms with van der Waals surface area (Å²) in [6.45, 7) is -0.894. The highest BCUT2D eigenvalue weighted by Gasteiger charge is 2.29. The Bertz CT molecular complexity index is 690. The summed E-state index contributed by atoms with van der Waals surface area (Å²) in [5.74, 6) is -6.46. The number of rotatable bonds is 15. The lowest BCUT2D eigenvalue weighted by Gasteiger charge is -2.24. The van der Waals surface area contributed by atoms with E-state index in [2.05, 4.69) is 23.3 Å². The fourth-order valence-electron chi connectivity index (χ4n) is 2.17. The second kappa shape index (κ2) is 14.2. The summed E-state index contributed by atoms with van der Waals surface area (Å²) in [6, 6.07) is -5.56. The Balaban J connectivity index is 5.21. The van der Waals surface area contributed by atoms with Crippen LogP contribution < -0.4 is 27.4 Å². The minimum absolute atomic E-state index is 0.103. The molecule has 176 valence electrons. The molecular weight excluding hydrogens is 438 g/mol. The third kappa shape index (κ3) is 11.2. The molecule has 0 aliphatic rings. The zero-order valence-corrected chi connectivity index (χ0v) is 17.3. The van der Waals surface area contributed by atoms with Gasteiger partial charge in [0.05, 0.1) is 12.6 Å². The predicted molar refractivity (Wildman–Crippen MR) is 108 cm³/mol. The number of amides is 4. The monoisotopic (exact) mass is 465 g/mol. The molecule has 14 nitrogen and oxygen atoms in total. The normalized spacial score (nSPS) is 14.4. The van der Waals surface area contributed by atoms with Gasteiger partial charge >= 0.3 is 11.9 Å². The minimum Gasteiger partial charge on any atom is -0.481 e. The highest BCUT2D eigenvalue weighted by Crippen LogP contribution is 2.03. The molecule has 4 amide bonds. The van der Waals surface area contributed by atoms with Crippen LogP contribution in [0.25, 0.3) is 0 Å². The van der Waals surface area contributed by atoms with Gasteiger partial charge in [-0.15, -0.1) is 0 Å². The van der Waals surface area contributed by atoms with E-state index in [0.29, 0.717) is 0 Å². The van der Waals surface area contributed by atoms with E-state index in [0.717, 1.165) is 0 Å². The molecule has 0 heterocycles. The Morgan fingerprint density at radius 3 is 1.77 bits per heavy atom. The SMILES string of the molecule is NC(=O)CCC(N)C(=O)NC(CCC(=O)O)C(=O)NC(CS)C(=O)NC(CO)C(=O)O. The summed E-state index contributed by atoms with van der Waals surface area (Å²) in [4.78, 5) is 69.4. The third-order valence-electron chi connectivity index (χ3n) is 3.93. The Hall–Kier alpha value is -2.91. The van der Waals surface area contributed by atoms with Gasteiger partial charge in [-0.1, -0.05) is 0 Å². The topological polar surface area (TPSA) is 251 Å². The maximum Gasteiger partial charge on any atom is 0.328 e. The van der Waals surface area contributed by atoms with Crippen LogP contribution in [0.1, 0.15) is 25.7 Å². The Labute approximate surface area is 182 Å². The molecule has 0 rings (SSSR count). The molecule has 0 aromatic rings. The number of carboxylic acids is 2. The first-order chi connectivity index (χ1) is 14.4. The minimum atomic E-state index is -1.61. The number of aliphatic carboxylic acids is 2. The number of hydrogen-bond donors (Lipinski definition) is 9. The van der Waals surface area contributed by atoms with Crippen LogP contribution in [0.2, 0.25) is 0 Å². The molecule has 10 N–H and O–H groups in total. The summed E-state index contributed by atoms with van der Waals surface area (Å²) in [5, 5.41) is 33.2. The first-order valence-electron chi connectivity index (χ1n) is 9.04. The van der Waals surface area contributed by atoms with Gasteiger partial charge in [-0.2, -0.15) is 12.6 Å². The molecule has 4 unspecified atom stereocenters. The van der Waals surface area contributed by atoms with E-state index >= 15 is 0 Å². The van der Waals surface area contributed by atoms with E-state index in [1.165, 1.54) is 0 Å². The van der Waals surface area contributed by atoms with Crippen molar-refractivity contribution in [2.45, 2.75) is 49.9 Å². The van der Waals surface area contributed by atoms with E-state index < -0.39 is 72.8 Å². The van der Waals surface area contributed by atoms with Gasteiger partial charge < -0.3 is 42.7 Å². The van der Waals surface area contributed by atoms with Crippen molar-refractivity contribution >= 4 is 48.2 Å². The predicted octanol–water partition coefficient (Wildman–Crippen LogP) is -4.09. The van der Waals surface area contributed by atoms with E-state index in [4.69, 9.17) is 26.8 Å². The first-order valence-corrected chi connectivity index (χ1v) is 9.67. The van der Waals surface area contributed by atoms with Crippen LogP contribution in [0.3, 0.4) is 0 Å². The second-order valence-corrected chi connectivity index (χ2v) is 6.80. The molecule has 0 aliphatic heterocycles. The molecule has 0 radical (unpaired) electrons. The highest BCUT2D eigenvalue weighted by atomic mass is 32.1. The molecule has 0 spiro atoms. The smallest absolute Gasteiger partial charge is 0.328 e. The Morgan fingerprint density at radius 2 is 1.32 bits per heavy atom. The number of carbonyl (C=O) groups excluding carboxylic acids is 4. The molecule has 0 fully saturated rings. The van der Waals surface area contributed by atoms with Gasteiger partial charge in [-0.3, -0.25) is 24.0 Å². The van der Waals surface area contributed by atoms with Gasteiger partial charge in [0.2, 0.25) is 23.6 Å². The van der Waals surface area contributed by atoms with Crippen molar-refractivity contribution in [3.63, 3.8) is 0 Å². The molecular formula is C16H27N5O9S. The van der Waals surface area contributed by atoms with Crippen LogP contribution in [-0.2, 0) is 28.8 Å². The molecule has 0 aromatic carbocycles. The molecule has 0 aromatic heterocycles. The summed E-state index contributed by atoms with van der Waals surface area (Å²) < 4.78 is 0. The summed E-state index contributed by atoms with van der Waals surface area (Å²) in [5.41, 5.74) is 10.6. The standard InChI is InChI=1S/C16H27N5O9S/c17-7(1-3-11(18)23)13(26)19-8(2-4-12(24)25)14(27)21-10(6-31)15(28)20-9(5-22)16(29)30/h7-10,22,31H,1-6,17H2,(H2,18,23)(H,19,26)(H,20,28)(H,21,27)(H,24,25)(H,29,30). The number of hydrogen-bond acceptors (Lipinski definition) is 9. The van der Waals surface area contributed by atoms with Crippen molar-refractivity contribution in [2.75, 3.05) is 12.4 Å². The van der Waals surface area contributed by atoms with Crippen molar-refractivity contribution in [3.05, 3.63) is 0 Å². The van der Waals surface area contributed by atoms with Crippen LogP contribution in [0.4, 0.5) is 0 Å². The average molecular weight is 465 g/mol. The molecule has 0 saturated carbocycles. The number of carbonyl (C=O) groups is 6. The van der Waals surface area contributed by atoms with Gasteiger partial charge in [0, 0.05) is 18.6 Å². The van der Waals surface area contributed by atoms with Crippen molar-refractivity contribution in [3.8, 4) is 0 Å². The number of primary amides is 1. The fourth-order valence-corrected chi connectivity index (χ4v) is 2.43. The highest BCUT2D eigenvalue weighted by molar-refractivity contribution is 7.80. The van der Waals surface area contributed by atoms with Crippen molar-refractivity contribution in [1.82, 2.24) is 16.0 Å². The quantitative estimate of drug-likeness (QED) is 0.106. The number of nitrogens with two attached hydrogens (primary N) is 2. The summed E-state index contributed by atoms with van der Waals surface area (Å²) in [7, 11) is 0. The lowest BCUT2D eigenvalue weighted by Crippen LogP contribution is -2.58. The second-order valence-electron chi connectivity index (χ2n) is 6.43. The first kappa shape index (κ1) is 28.1. The van der Waals surface area contributed by atoms with Gasteiger partial charge in [-0.05, 0) is 12.8 Å². The van der Waals surface area contributed by atoms with Gasteiger partial charge in [0.1, 0.15) is 18.1 Å². The number of nitrogens with one attached hydrogen (secondary N) is 3. The Kier molecular flexibility index (Phi) is 12.8. The van der Waals surface area contributed by atoms with E-state index in [1.807, 2.05) is 5.32 Å². The number of thiol groups is 1. The molecule has 4 atom stereocenters. The lowest BCUT2D eigenvalue weighted by atomic mass is 10.1. The van der Waals surface area contributed by atoms with Crippen molar-refractivity contribution in [2.24, 2.45) is 11.5 Å². The van der Waals surface area contributed by atoms with Crippen molar-refractivity contribution in [1.29, 1.82) is 0 Å². The van der Waals surface area contributed by atoms with Gasteiger partial charge in [-0.25, -0.2) is 4.79 Å². The Morgan fingerprint density at radius 1 is 0.806 bits per heavy atom.